The van der Waals surface area contributed by atoms with Crippen LogP contribution in [0.5, 0.6) is 0 Å². The summed E-state index contributed by atoms with van der Waals surface area (Å²) >= 11 is 0. The van der Waals surface area contributed by atoms with Crippen molar-refractivity contribution in [3.8, 4) is 0 Å². The molecule has 3 heteroatoms. The van der Waals surface area contributed by atoms with Gasteiger partial charge in [-0.15, -0.1) is 0 Å². The molecule has 1 saturated carbocycles. The Labute approximate surface area is 90.3 Å². The summed E-state index contributed by atoms with van der Waals surface area (Å²) < 4.78 is 0. The predicted molar refractivity (Wildman–Crippen MR) is 60.2 cm³/mol. The van der Waals surface area contributed by atoms with Crippen LogP contribution in [0.4, 0.5) is 5.82 Å². The van der Waals surface area contributed by atoms with E-state index in [2.05, 4.69) is 11.9 Å². The van der Waals surface area contributed by atoms with Crippen LogP contribution in [0, 0.1) is 5.92 Å². The van der Waals surface area contributed by atoms with Crippen molar-refractivity contribution in [2.24, 2.45) is 5.92 Å². The van der Waals surface area contributed by atoms with Gasteiger partial charge in [0.05, 0.1) is 5.60 Å². The number of anilines is 1. The number of aromatic nitrogens is 1. The molecular weight excluding hydrogens is 188 g/mol. The van der Waals surface area contributed by atoms with Crippen molar-refractivity contribution in [2.75, 3.05) is 5.73 Å². The van der Waals surface area contributed by atoms with Crippen LogP contribution >= 0.6 is 0 Å². The minimum atomic E-state index is -0.754. The molecule has 2 rings (SSSR count). The van der Waals surface area contributed by atoms with E-state index < -0.39 is 5.60 Å². The first-order chi connectivity index (χ1) is 7.12. The number of hydrogen-bond acceptors (Lipinski definition) is 3. The first-order valence-corrected chi connectivity index (χ1v) is 5.55. The Kier molecular flexibility index (Phi) is 2.65. The zero-order valence-corrected chi connectivity index (χ0v) is 9.11. The van der Waals surface area contributed by atoms with Gasteiger partial charge in [-0.05, 0) is 31.2 Å². The molecule has 1 aromatic heterocycles. The maximum atomic E-state index is 10.6. The molecule has 2 atom stereocenters. The highest BCUT2D eigenvalue weighted by atomic mass is 16.3. The van der Waals surface area contributed by atoms with Crippen molar-refractivity contribution in [1.82, 2.24) is 4.98 Å². The minimum absolute atomic E-state index is 0.467. The summed E-state index contributed by atoms with van der Waals surface area (Å²) in [7, 11) is 0. The number of nitrogen functional groups attached to an aromatic ring is 1. The van der Waals surface area contributed by atoms with Gasteiger partial charge >= 0.3 is 0 Å². The third-order valence-electron chi connectivity index (χ3n) is 3.31. The zero-order chi connectivity index (χ0) is 10.9. The summed E-state index contributed by atoms with van der Waals surface area (Å²) in [4.78, 5) is 4.04. The zero-order valence-electron chi connectivity index (χ0n) is 9.11. The summed E-state index contributed by atoms with van der Waals surface area (Å²) in [6.07, 6.45) is 5.51. The molecule has 0 radical (unpaired) electrons. The summed E-state index contributed by atoms with van der Waals surface area (Å²) in [5.74, 6) is 1.03. The molecule has 0 saturated heterocycles. The second-order valence-corrected chi connectivity index (χ2v) is 4.67. The van der Waals surface area contributed by atoms with Crippen molar-refractivity contribution in [3.05, 3.63) is 23.9 Å². The molecule has 2 unspecified atom stereocenters. The first-order valence-electron chi connectivity index (χ1n) is 5.55. The third-order valence-corrected chi connectivity index (χ3v) is 3.31. The maximum Gasteiger partial charge on any atom is 0.129 e. The molecule has 1 heterocycles. The minimum Gasteiger partial charge on any atom is -0.385 e. The van der Waals surface area contributed by atoms with Crippen LogP contribution in [0.1, 0.15) is 38.2 Å². The smallest absolute Gasteiger partial charge is 0.129 e. The molecule has 0 aromatic carbocycles. The van der Waals surface area contributed by atoms with E-state index >= 15 is 0 Å². The van der Waals surface area contributed by atoms with Gasteiger partial charge in [0.1, 0.15) is 5.82 Å². The molecule has 0 aliphatic heterocycles. The summed E-state index contributed by atoms with van der Waals surface area (Å²) in [5.41, 5.74) is 5.86. The van der Waals surface area contributed by atoms with Crippen LogP contribution < -0.4 is 5.73 Å². The van der Waals surface area contributed by atoms with Crippen LogP contribution in [0.3, 0.4) is 0 Å². The van der Waals surface area contributed by atoms with Crippen LogP contribution in [0.25, 0.3) is 0 Å². The average molecular weight is 206 g/mol. The number of aliphatic hydroxyl groups is 1. The first kappa shape index (κ1) is 10.4. The lowest BCUT2D eigenvalue weighted by Crippen LogP contribution is -2.32. The molecule has 3 N–H and O–H groups in total. The topological polar surface area (TPSA) is 59.1 Å². The second kappa shape index (κ2) is 3.81. The fraction of sp³-hybridized carbons (Fsp3) is 0.583. The van der Waals surface area contributed by atoms with Gasteiger partial charge < -0.3 is 10.8 Å². The van der Waals surface area contributed by atoms with E-state index in [4.69, 9.17) is 5.73 Å². The van der Waals surface area contributed by atoms with E-state index in [1.807, 2.05) is 12.1 Å². The van der Waals surface area contributed by atoms with Gasteiger partial charge in [0.2, 0.25) is 0 Å². The molecular formula is C12H18N2O. The average Bonchev–Trinajstić information content (AvgIpc) is 2.17. The standard InChI is InChI=1S/C12H18N2O/c1-9-4-2-6-12(15,8-9)10-5-3-7-14-11(10)13/h3,5,7,9,15H,2,4,6,8H2,1H3,(H2,13,14). The molecule has 1 fully saturated rings. The molecule has 15 heavy (non-hydrogen) atoms. The molecule has 1 aliphatic rings. The van der Waals surface area contributed by atoms with Gasteiger partial charge in [0, 0.05) is 11.8 Å². The van der Waals surface area contributed by atoms with Crippen molar-refractivity contribution < 1.29 is 5.11 Å². The Morgan fingerprint density at radius 1 is 1.60 bits per heavy atom. The van der Waals surface area contributed by atoms with Crippen molar-refractivity contribution in [3.63, 3.8) is 0 Å². The van der Waals surface area contributed by atoms with Crippen molar-refractivity contribution in [2.45, 2.75) is 38.2 Å². The van der Waals surface area contributed by atoms with Gasteiger partial charge in [-0.2, -0.15) is 0 Å². The van der Waals surface area contributed by atoms with Gasteiger partial charge in [-0.3, -0.25) is 0 Å². The lowest BCUT2D eigenvalue weighted by Gasteiger charge is -2.36. The quantitative estimate of drug-likeness (QED) is 0.739. The monoisotopic (exact) mass is 206 g/mol. The predicted octanol–water partition coefficient (Wildman–Crippen LogP) is 2.06. The third kappa shape index (κ3) is 1.97. The highest BCUT2D eigenvalue weighted by Gasteiger charge is 2.35. The fourth-order valence-electron chi connectivity index (χ4n) is 2.58. The maximum absolute atomic E-state index is 10.6. The van der Waals surface area contributed by atoms with Gasteiger partial charge in [-0.25, -0.2) is 4.98 Å². The molecule has 1 aromatic rings. The van der Waals surface area contributed by atoms with E-state index in [0.29, 0.717) is 11.7 Å². The highest BCUT2D eigenvalue weighted by molar-refractivity contribution is 5.43. The number of hydrogen-bond donors (Lipinski definition) is 2. The van der Waals surface area contributed by atoms with E-state index in [1.165, 1.54) is 6.42 Å². The number of nitrogens with two attached hydrogens (primary N) is 1. The van der Waals surface area contributed by atoms with Gasteiger partial charge in [0.15, 0.2) is 0 Å². The van der Waals surface area contributed by atoms with Crippen LogP contribution in [-0.2, 0) is 5.60 Å². The normalized spacial score (nSPS) is 31.5. The molecule has 0 bridgehead atoms. The lowest BCUT2D eigenvalue weighted by atomic mass is 9.75. The van der Waals surface area contributed by atoms with Crippen LogP contribution in [-0.4, -0.2) is 10.1 Å². The number of pyridine rings is 1. The lowest BCUT2D eigenvalue weighted by molar-refractivity contribution is -0.0174. The van der Waals surface area contributed by atoms with Crippen molar-refractivity contribution >= 4 is 5.82 Å². The number of rotatable bonds is 1. The molecule has 0 amide bonds. The Hall–Kier alpha value is -1.09. The SMILES string of the molecule is CC1CCCC(O)(c2cccnc2N)C1. The number of nitrogens with zero attached hydrogens (tertiary/aromatic N) is 1. The Balaban J connectivity index is 2.32. The van der Waals surface area contributed by atoms with Gasteiger partial charge in [-0.1, -0.05) is 19.4 Å². The van der Waals surface area contributed by atoms with E-state index in [-0.39, 0.29) is 0 Å². The van der Waals surface area contributed by atoms with Crippen LogP contribution in [0.2, 0.25) is 0 Å². The second-order valence-electron chi connectivity index (χ2n) is 4.67. The Morgan fingerprint density at radius 3 is 3.07 bits per heavy atom. The van der Waals surface area contributed by atoms with E-state index in [1.54, 1.807) is 6.20 Å². The summed E-state index contributed by atoms with van der Waals surface area (Å²) in [6, 6.07) is 3.73. The molecule has 0 spiro atoms. The molecule has 3 nitrogen and oxygen atoms in total. The summed E-state index contributed by atoms with van der Waals surface area (Å²) in [5, 5.41) is 10.6. The van der Waals surface area contributed by atoms with E-state index in [0.717, 1.165) is 24.8 Å². The Bertz CT molecular complexity index is 353. The van der Waals surface area contributed by atoms with Gasteiger partial charge in [0.25, 0.3) is 0 Å². The van der Waals surface area contributed by atoms with E-state index in [9.17, 15) is 5.11 Å². The molecule has 82 valence electrons. The van der Waals surface area contributed by atoms with Crippen LogP contribution in [0.15, 0.2) is 18.3 Å². The highest BCUT2D eigenvalue weighted by Crippen LogP contribution is 2.41. The van der Waals surface area contributed by atoms with Crippen molar-refractivity contribution in [1.29, 1.82) is 0 Å². The largest absolute Gasteiger partial charge is 0.385 e. The molecule has 1 aliphatic carbocycles. The summed E-state index contributed by atoms with van der Waals surface area (Å²) in [6.45, 7) is 2.18. The fourth-order valence-corrected chi connectivity index (χ4v) is 2.58. The Morgan fingerprint density at radius 2 is 2.40 bits per heavy atom.